The zero-order valence-corrected chi connectivity index (χ0v) is 6.46. The molecule has 0 aromatic rings. The number of β-lactam (4-membered cyclic amide) rings is 1. The van der Waals surface area contributed by atoms with Gasteiger partial charge in [-0.3, -0.25) is 4.79 Å². The van der Waals surface area contributed by atoms with Crippen LogP contribution < -0.4 is 0 Å². The van der Waals surface area contributed by atoms with E-state index in [9.17, 15) is 4.79 Å². The summed E-state index contributed by atoms with van der Waals surface area (Å²) in [6.07, 6.45) is 0.670. The fourth-order valence-electron chi connectivity index (χ4n) is 1.05. The molecule has 0 aliphatic carbocycles. The van der Waals surface area contributed by atoms with Gasteiger partial charge in [0.15, 0.2) is 0 Å². The molecule has 1 rings (SSSR count). The van der Waals surface area contributed by atoms with E-state index in [1.807, 2.05) is 13.8 Å². The summed E-state index contributed by atoms with van der Waals surface area (Å²) in [6.45, 7) is 5.37. The zero-order valence-electron chi connectivity index (χ0n) is 6.46. The van der Waals surface area contributed by atoms with Crippen LogP contribution in [0.3, 0.4) is 0 Å². The molecule has 1 saturated heterocycles. The van der Waals surface area contributed by atoms with Gasteiger partial charge in [-0.15, -0.1) is 0 Å². The number of rotatable bonds is 3. The molecule has 10 heavy (non-hydrogen) atoms. The maximum absolute atomic E-state index is 10.8. The number of hydrogen-bond donors (Lipinski definition) is 0. The smallest absolute Gasteiger partial charge is 0.226 e. The Kier molecular flexibility index (Phi) is 2.27. The molecule has 0 N–H and O–H groups in total. The van der Waals surface area contributed by atoms with Crippen molar-refractivity contribution in [2.75, 3.05) is 13.2 Å². The van der Waals surface area contributed by atoms with Gasteiger partial charge in [-0.1, -0.05) is 0 Å². The Morgan fingerprint density at radius 2 is 2.50 bits per heavy atom. The second-order valence-electron chi connectivity index (χ2n) is 2.39. The highest BCUT2D eigenvalue weighted by atomic mass is 16.5. The van der Waals surface area contributed by atoms with Gasteiger partial charge < -0.3 is 9.64 Å². The molecule has 1 atom stereocenters. The first kappa shape index (κ1) is 7.54. The van der Waals surface area contributed by atoms with Crippen molar-refractivity contribution in [1.29, 1.82) is 0 Å². The van der Waals surface area contributed by atoms with Crippen molar-refractivity contribution in [2.24, 2.45) is 0 Å². The summed E-state index contributed by atoms with van der Waals surface area (Å²) in [4.78, 5) is 12.5. The van der Waals surface area contributed by atoms with Gasteiger partial charge in [0, 0.05) is 19.6 Å². The average Bonchev–Trinajstić information content (AvgIpc) is 1.85. The molecule has 1 aliphatic heterocycles. The van der Waals surface area contributed by atoms with Gasteiger partial charge in [-0.2, -0.15) is 0 Å². The molecular formula is C7H13NO2. The number of ether oxygens (including phenoxy) is 1. The van der Waals surface area contributed by atoms with Crippen LogP contribution in [0.2, 0.25) is 0 Å². The summed E-state index contributed by atoms with van der Waals surface area (Å²) >= 11 is 0. The minimum absolute atomic E-state index is 0.0220. The van der Waals surface area contributed by atoms with Crippen molar-refractivity contribution < 1.29 is 9.53 Å². The first-order valence-corrected chi connectivity index (χ1v) is 3.66. The summed E-state index contributed by atoms with van der Waals surface area (Å²) in [5, 5.41) is 0. The van der Waals surface area contributed by atoms with E-state index in [0.29, 0.717) is 13.0 Å². The lowest BCUT2D eigenvalue weighted by atomic mass is 10.2. The summed E-state index contributed by atoms with van der Waals surface area (Å²) in [6, 6.07) is 0. The minimum atomic E-state index is -0.0220. The van der Waals surface area contributed by atoms with Crippen LogP contribution in [0.15, 0.2) is 0 Å². The van der Waals surface area contributed by atoms with Crippen LogP contribution in [0, 0.1) is 0 Å². The van der Waals surface area contributed by atoms with Gasteiger partial charge >= 0.3 is 0 Å². The van der Waals surface area contributed by atoms with Crippen molar-refractivity contribution in [3.63, 3.8) is 0 Å². The van der Waals surface area contributed by atoms with Crippen LogP contribution in [0.1, 0.15) is 20.3 Å². The van der Waals surface area contributed by atoms with E-state index in [1.54, 1.807) is 4.90 Å². The molecular weight excluding hydrogens is 130 g/mol. The number of carbonyl (C=O) groups excluding carboxylic acids is 1. The van der Waals surface area contributed by atoms with Crippen molar-refractivity contribution in [2.45, 2.75) is 26.5 Å². The van der Waals surface area contributed by atoms with Crippen LogP contribution in [0.5, 0.6) is 0 Å². The maximum atomic E-state index is 10.8. The molecule has 1 amide bonds. The van der Waals surface area contributed by atoms with Crippen molar-refractivity contribution in [1.82, 2.24) is 4.90 Å². The van der Waals surface area contributed by atoms with E-state index in [2.05, 4.69) is 0 Å². The maximum Gasteiger partial charge on any atom is 0.226 e. The lowest BCUT2D eigenvalue weighted by molar-refractivity contribution is -0.156. The number of nitrogens with zero attached hydrogens (tertiary/aromatic N) is 1. The molecule has 58 valence electrons. The first-order chi connectivity index (χ1) is 4.75. The van der Waals surface area contributed by atoms with E-state index >= 15 is 0 Å². The van der Waals surface area contributed by atoms with Crippen LogP contribution in [0.25, 0.3) is 0 Å². The van der Waals surface area contributed by atoms with E-state index in [4.69, 9.17) is 4.74 Å². The van der Waals surface area contributed by atoms with Gasteiger partial charge in [-0.05, 0) is 13.8 Å². The number of amides is 1. The third-order valence-corrected chi connectivity index (χ3v) is 1.73. The van der Waals surface area contributed by atoms with Gasteiger partial charge in [0.1, 0.15) is 6.23 Å². The quantitative estimate of drug-likeness (QED) is 0.541. The third kappa shape index (κ3) is 1.29. The topological polar surface area (TPSA) is 29.5 Å². The van der Waals surface area contributed by atoms with E-state index in [0.717, 1.165) is 6.54 Å². The van der Waals surface area contributed by atoms with Gasteiger partial charge in [0.05, 0.1) is 0 Å². The third-order valence-electron chi connectivity index (χ3n) is 1.73. The monoisotopic (exact) mass is 143 g/mol. The fourth-order valence-corrected chi connectivity index (χ4v) is 1.05. The van der Waals surface area contributed by atoms with Crippen LogP contribution >= 0.6 is 0 Å². The average molecular weight is 143 g/mol. The van der Waals surface area contributed by atoms with Gasteiger partial charge in [0.2, 0.25) is 5.91 Å². The van der Waals surface area contributed by atoms with E-state index < -0.39 is 0 Å². The Labute approximate surface area is 61.0 Å². The molecule has 0 radical (unpaired) electrons. The Balaban J connectivity index is 2.27. The molecule has 0 aromatic carbocycles. The first-order valence-electron chi connectivity index (χ1n) is 3.66. The predicted octanol–water partition coefficient (Wildman–Crippen LogP) is 0.601. The van der Waals surface area contributed by atoms with Gasteiger partial charge in [0.25, 0.3) is 0 Å². The fraction of sp³-hybridized carbons (Fsp3) is 0.857. The van der Waals surface area contributed by atoms with Crippen LogP contribution in [0.4, 0.5) is 0 Å². The molecule has 0 saturated carbocycles. The highest BCUT2D eigenvalue weighted by Crippen LogP contribution is 2.13. The molecule has 0 aromatic heterocycles. The molecule has 1 fully saturated rings. The lowest BCUT2D eigenvalue weighted by Gasteiger charge is -2.35. The lowest BCUT2D eigenvalue weighted by Crippen LogP contribution is -2.49. The SMILES string of the molecule is CCOC(C)N1CCC1=O. The van der Waals surface area contributed by atoms with Crippen molar-refractivity contribution >= 4 is 5.91 Å². The molecule has 0 bridgehead atoms. The molecule has 3 nitrogen and oxygen atoms in total. The standard InChI is InChI=1S/C7H13NO2/c1-3-10-6(2)8-5-4-7(8)9/h6H,3-5H2,1-2H3. The molecule has 1 aliphatic rings. The Morgan fingerprint density at radius 3 is 2.80 bits per heavy atom. The summed E-state index contributed by atoms with van der Waals surface area (Å²) < 4.78 is 5.22. The largest absolute Gasteiger partial charge is 0.359 e. The van der Waals surface area contributed by atoms with E-state index in [-0.39, 0.29) is 12.1 Å². The van der Waals surface area contributed by atoms with Crippen molar-refractivity contribution in [3.8, 4) is 0 Å². The second kappa shape index (κ2) is 3.01. The Hall–Kier alpha value is -0.570. The number of hydrogen-bond acceptors (Lipinski definition) is 2. The molecule has 1 heterocycles. The molecule has 0 spiro atoms. The highest BCUT2D eigenvalue weighted by Gasteiger charge is 2.28. The summed E-state index contributed by atoms with van der Waals surface area (Å²) in [7, 11) is 0. The normalized spacial score (nSPS) is 20.6. The van der Waals surface area contributed by atoms with Crippen molar-refractivity contribution in [3.05, 3.63) is 0 Å². The number of likely N-dealkylation sites (tertiary alicyclic amines) is 1. The summed E-state index contributed by atoms with van der Waals surface area (Å²) in [5.41, 5.74) is 0. The number of carbonyl (C=O) groups is 1. The van der Waals surface area contributed by atoms with Crippen LogP contribution in [-0.2, 0) is 9.53 Å². The van der Waals surface area contributed by atoms with Gasteiger partial charge in [-0.25, -0.2) is 0 Å². The van der Waals surface area contributed by atoms with Crippen LogP contribution in [-0.4, -0.2) is 30.2 Å². The Morgan fingerprint density at radius 1 is 1.80 bits per heavy atom. The second-order valence-corrected chi connectivity index (χ2v) is 2.39. The van der Waals surface area contributed by atoms with E-state index in [1.165, 1.54) is 0 Å². The predicted molar refractivity (Wildman–Crippen MR) is 37.4 cm³/mol. The molecule has 1 unspecified atom stereocenters. The minimum Gasteiger partial charge on any atom is -0.359 e. The Bertz CT molecular complexity index is 136. The zero-order chi connectivity index (χ0) is 7.56. The highest BCUT2D eigenvalue weighted by molar-refractivity contribution is 5.81. The summed E-state index contributed by atoms with van der Waals surface area (Å²) in [5.74, 6) is 0.209. The molecule has 3 heteroatoms.